The number of thiazole rings is 1. The van der Waals surface area contributed by atoms with E-state index in [9.17, 15) is 4.79 Å². The van der Waals surface area contributed by atoms with Crippen LogP contribution in [-0.2, 0) is 0 Å². The monoisotopic (exact) mass is 268 g/mol. The van der Waals surface area contributed by atoms with Crippen LogP contribution in [0.4, 0.5) is 0 Å². The maximum atomic E-state index is 11.8. The lowest BCUT2D eigenvalue weighted by Gasteiger charge is -1.92. The first-order chi connectivity index (χ1) is 9.13. The highest BCUT2D eigenvalue weighted by atomic mass is 32.1. The summed E-state index contributed by atoms with van der Waals surface area (Å²) in [5, 5.41) is 0. The molecule has 92 valence electrons. The summed E-state index contributed by atoms with van der Waals surface area (Å²) in [6, 6.07) is 3.65. The zero-order valence-corrected chi connectivity index (χ0v) is 10.8. The number of nitrogens with zero attached hydrogens (tertiary/aromatic N) is 3. The molecule has 2 aromatic heterocycles. The fourth-order valence-corrected chi connectivity index (χ4v) is 2.36. The molecule has 2 heterocycles. The quantitative estimate of drug-likeness (QED) is 0.780. The summed E-state index contributed by atoms with van der Waals surface area (Å²) >= 11 is 1.11. The molecule has 0 amide bonds. The van der Waals surface area contributed by atoms with Gasteiger partial charge >= 0.3 is 5.82 Å². The van der Waals surface area contributed by atoms with E-state index < -0.39 is 0 Å². The second-order valence-electron chi connectivity index (χ2n) is 3.67. The van der Waals surface area contributed by atoms with Crippen LogP contribution in [0.5, 0.6) is 0 Å². The van der Waals surface area contributed by atoms with Crippen molar-refractivity contribution >= 4 is 23.2 Å². The Bertz CT molecular complexity index is 861. The molecule has 19 heavy (non-hydrogen) atoms. The number of rotatable bonds is 1. The molecule has 0 aliphatic carbocycles. The first kappa shape index (κ1) is 12.7. The van der Waals surface area contributed by atoms with Crippen molar-refractivity contribution < 1.29 is 0 Å². The molecule has 0 spiro atoms. The normalized spacial score (nSPS) is 10.8. The average Bonchev–Trinajstić information content (AvgIpc) is 2.72. The zero-order valence-electron chi connectivity index (χ0n) is 9.97. The van der Waals surface area contributed by atoms with Crippen LogP contribution in [0.25, 0.3) is 21.6 Å². The van der Waals surface area contributed by atoms with Gasteiger partial charge in [-0.05, 0) is 30.7 Å². The minimum absolute atomic E-state index is 0.118. The molecule has 0 bridgehead atoms. The number of H-pyrrole nitrogens is 1. The third kappa shape index (κ3) is 2.76. The molecular weight excluding hydrogens is 260 g/mol. The molecule has 0 atom stereocenters. The van der Waals surface area contributed by atoms with E-state index in [1.54, 1.807) is 18.3 Å². The Labute approximate surface area is 112 Å². The van der Waals surface area contributed by atoms with Crippen LogP contribution in [0.1, 0.15) is 11.3 Å². The van der Waals surface area contributed by atoms with Crippen molar-refractivity contribution in [1.29, 1.82) is 0 Å². The Morgan fingerprint density at radius 2 is 2.21 bits per heavy atom. The summed E-state index contributed by atoms with van der Waals surface area (Å²) in [5.74, 6) is -0.118. The fraction of sp³-hybridized carbons (Fsp3) is 0.0769. The lowest BCUT2D eigenvalue weighted by molar-refractivity contribution is 1.19. The Hall–Kier alpha value is -2.70. The van der Waals surface area contributed by atoms with Crippen molar-refractivity contribution in [2.45, 2.75) is 6.92 Å². The van der Waals surface area contributed by atoms with Gasteiger partial charge in [0.25, 0.3) is 5.56 Å². The van der Waals surface area contributed by atoms with Crippen molar-refractivity contribution in [3.8, 4) is 0 Å². The molecule has 0 aromatic carbocycles. The molecular formula is C13H8N4OS. The van der Waals surface area contributed by atoms with Gasteiger partial charge in [-0.3, -0.25) is 9.78 Å². The zero-order chi connectivity index (χ0) is 13.8. The molecule has 2 aromatic rings. The van der Waals surface area contributed by atoms with Gasteiger partial charge in [0.2, 0.25) is 0 Å². The summed E-state index contributed by atoms with van der Waals surface area (Å²) in [7, 11) is 0. The van der Waals surface area contributed by atoms with E-state index in [2.05, 4.69) is 19.7 Å². The number of nitrogens with one attached hydrogen (secondary N) is 1. The predicted molar refractivity (Wildman–Crippen MR) is 73.3 cm³/mol. The minimum Gasteiger partial charge on any atom is -0.315 e. The first-order valence-corrected chi connectivity index (χ1v) is 6.08. The lowest BCUT2D eigenvalue weighted by Crippen LogP contribution is -2.19. The van der Waals surface area contributed by atoms with Crippen LogP contribution < -0.4 is 14.8 Å². The molecule has 0 fully saturated rings. The van der Waals surface area contributed by atoms with Gasteiger partial charge < -0.3 is 4.98 Å². The molecule has 0 unspecified atom stereocenters. The van der Waals surface area contributed by atoms with Gasteiger partial charge in [0.05, 0.1) is 4.53 Å². The van der Waals surface area contributed by atoms with Crippen molar-refractivity contribution in [2.24, 2.45) is 0 Å². The third-order valence-electron chi connectivity index (χ3n) is 2.30. The molecule has 1 N–H and O–H groups in total. The van der Waals surface area contributed by atoms with Crippen LogP contribution >= 0.6 is 11.3 Å². The highest BCUT2D eigenvalue weighted by Crippen LogP contribution is 2.01. The molecule has 0 aliphatic heterocycles. The van der Waals surface area contributed by atoms with E-state index in [1.807, 2.05) is 13.0 Å². The second kappa shape index (κ2) is 5.30. The van der Waals surface area contributed by atoms with Crippen LogP contribution in [0.3, 0.4) is 0 Å². The fourth-order valence-electron chi connectivity index (χ4n) is 1.48. The van der Waals surface area contributed by atoms with E-state index >= 15 is 0 Å². The number of aromatic nitrogens is 2. The van der Waals surface area contributed by atoms with Gasteiger partial charge in [-0.25, -0.2) is 0 Å². The Morgan fingerprint density at radius 1 is 1.47 bits per heavy atom. The van der Waals surface area contributed by atoms with E-state index in [0.717, 1.165) is 22.6 Å². The van der Waals surface area contributed by atoms with Crippen LogP contribution in [0, 0.1) is 20.1 Å². The summed E-state index contributed by atoms with van der Waals surface area (Å²) in [6.45, 7) is 15.6. The van der Waals surface area contributed by atoms with Gasteiger partial charge in [0.15, 0.2) is 4.66 Å². The molecule has 6 heteroatoms. The number of aryl methyl sites for hydroxylation is 1. The van der Waals surface area contributed by atoms with Gasteiger partial charge in [-0.15, -0.1) is 11.3 Å². The largest absolute Gasteiger partial charge is 0.553 e. The standard InChI is InChI=1S/C13H8N4OS/c1-8-6-9(4-5-16-8)7-10-12(18)17-13(19-10)11(14-2)15-3/h4-7H,1H3,(H,17,18)/b10-7+. The summed E-state index contributed by atoms with van der Waals surface area (Å²) in [6.07, 6.45) is 3.38. The topological polar surface area (TPSA) is 54.5 Å². The van der Waals surface area contributed by atoms with Crippen LogP contribution in [0.2, 0.25) is 0 Å². The Kier molecular flexibility index (Phi) is 3.56. The van der Waals surface area contributed by atoms with Crippen molar-refractivity contribution in [1.82, 2.24) is 9.97 Å². The number of hydrogen-bond acceptors (Lipinski definition) is 3. The molecule has 5 nitrogen and oxygen atoms in total. The number of pyridine rings is 1. The highest BCUT2D eigenvalue weighted by molar-refractivity contribution is 7.07. The molecule has 0 saturated carbocycles. The summed E-state index contributed by atoms with van der Waals surface area (Å²) in [4.78, 5) is 24.5. The van der Waals surface area contributed by atoms with Gasteiger partial charge in [-0.2, -0.15) is 9.69 Å². The molecule has 0 radical (unpaired) electrons. The first-order valence-electron chi connectivity index (χ1n) is 5.27. The van der Waals surface area contributed by atoms with E-state index in [4.69, 9.17) is 13.1 Å². The van der Waals surface area contributed by atoms with Gasteiger partial charge in [0, 0.05) is 11.9 Å². The maximum absolute atomic E-state index is 11.8. The number of hydrogen-bond donors (Lipinski definition) is 1. The maximum Gasteiger partial charge on any atom is 0.553 e. The van der Waals surface area contributed by atoms with Crippen molar-refractivity contribution in [3.05, 3.63) is 72.0 Å². The predicted octanol–water partition coefficient (Wildman–Crippen LogP) is 0.873. The van der Waals surface area contributed by atoms with Gasteiger partial charge in [0.1, 0.15) is 13.1 Å². The van der Waals surface area contributed by atoms with E-state index in [-0.39, 0.29) is 11.4 Å². The highest BCUT2D eigenvalue weighted by Gasteiger charge is 2.08. The molecule has 2 rings (SSSR count). The second-order valence-corrected chi connectivity index (χ2v) is 4.72. The van der Waals surface area contributed by atoms with E-state index in [0.29, 0.717) is 9.20 Å². The minimum atomic E-state index is -0.292. The Morgan fingerprint density at radius 3 is 2.84 bits per heavy atom. The Balaban J connectivity index is 2.68. The number of aromatic amines is 1. The molecule has 0 saturated heterocycles. The van der Waals surface area contributed by atoms with Crippen LogP contribution in [0.15, 0.2) is 23.1 Å². The van der Waals surface area contributed by atoms with Crippen LogP contribution in [-0.4, -0.2) is 9.97 Å². The lowest BCUT2D eigenvalue weighted by atomic mass is 10.2. The summed E-state index contributed by atoms with van der Waals surface area (Å²) in [5.41, 5.74) is 1.43. The van der Waals surface area contributed by atoms with Crippen molar-refractivity contribution in [2.75, 3.05) is 0 Å². The molecule has 0 aliphatic rings. The smallest absolute Gasteiger partial charge is 0.315 e. The summed E-state index contributed by atoms with van der Waals surface area (Å²) < 4.78 is 0.762. The van der Waals surface area contributed by atoms with Crippen molar-refractivity contribution in [3.63, 3.8) is 0 Å². The van der Waals surface area contributed by atoms with Gasteiger partial charge in [-0.1, -0.05) is 0 Å². The van der Waals surface area contributed by atoms with E-state index in [1.165, 1.54) is 0 Å². The average molecular weight is 268 g/mol. The SMILES string of the molecule is [C-]#[N+]C([N+]#[C-])=c1[nH]c(=O)/c(=C\c2ccnc(C)c2)s1. The third-order valence-corrected chi connectivity index (χ3v) is 3.31.